The first-order chi connectivity index (χ1) is 15.1. The van der Waals surface area contributed by atoms with Gasteiger partial charge in [-0.3, -0.25) is 9.59 Å². The molecule has 1 aromatic heterocycles. The minimum Gasteiger partial charge on any atom is -0.507 e. The summed E-state index contributed by atoms with van der Waals surface area (Å²) < 4.78 is 5.66. The molecule has 1 atom stereocenters. The molecule has 1 amide bonds. The number of aliphatic hydroxyl groups is 1. The molecule has 0 radical (unpaired) electrons. The van der Waals surface area contributed by atoms with Crippen LogP contribution in [0.25, 0.3) is 16.7 Å². The van der Waals surface area contributed by atoms with Gasteiger partial charge in [-0.25, -0.2) is 0 Å². The Hall–Kier alpha value is -3.54. The number of benzene rings is 2. The van der Waals surface area contributed by atoms with E-state index in [4.69, 9.17) is 4.74 Å². The van der Waals surface area contributed by atoms with Crippen LogP contribution in [0, 0.1) is 0 Å². The summed E-state index contributed by atoms with van der Waals surface area (Å²) in [7, 11) is 0. The van der Waals surface area contributed by atoms with E-state index in [-0.39, 0.29) is 11.3 Å². The van der Waals surface area contributed by atoms with Crippen molar-refractivity contribution in [3.63, 3.8) is 0 Å². The monoisotopic (exact) mass is 418 g/mol. The van der Waals surface area contributed by atoms with Crippen LogP contribution in [0.4, 0.5) is 0 Å². The number of hydrogen-bond donors (Lipinski definition) is 2. The molecule has 1 unspecified atom stereocenters. The van der Waals surface area contributed by atoms with E-state index in [2.05, 4.69) is 4.98 Å². The maximum Gasteiger partial charge on any atom is 0.295 e. The summed E-state index contributed by atoms with van der Waals surface area (Å²) in [4.78, 5) is 30.5. The molecule has 0 aliphatic carbocycles. The molecule has 0 saturated carbocycles. The van der Waals surface area contributed by atoms with Gasteiger partial charge >= 0.3 is 0 Å². The zero-order valence-electron chi connectivity index (χ0n) is 17.7. The minimum atomic E-state index is -0.660. The van der Waals surface area contributed by atoms with Crippen LogP contribution in [0.3, 0.4) is 0 Å². The van der Waals surface area contributed by atoms with Crippen molar-refractivity contribution >= 4 is 28.4 Å². The first kappa shape index (κ1) is 20.7. The Labute approximate surface area is 181 Å². The van der Waals surface area contributed by atoms with E-state index in [0.717, 1.165) is 28.6 Å². The topological polar surface area (TPSA) is 82.6 Å². The summed E-state index contributed by atoms with van der Waals surface area (Å²) in [5, 5.41) is 12.0. The van der Waals surface area contributed by atoms with Gasteiger partial charge in [0, 0.05) is 29.2 Å². The highest BCUT2D eigenvalue weighted by molar-refractivity contribution is 6.46. The summed E-state index contributed by atoms with van der Waals surface area (Å²) >= 11 is 0. The van der Waals surface area contributed by atoms with Crippen LogP contribution in [0.15, 0.2) is 60.3 Å². The molecule has 2 heterocycles. The number of amides is 1. The molecular weight excluding hydrogens is 392 g/mol. The highest BCUT2D eigenvalue weighted by Gasteiger charge is 2.45. The molecule has 1 aliphatic heterocycles. The molecule has 6 heteroatoms. The number of rotatable bonds is 7. The number of ketones is 1. The lowest BCUT2D eigenvalue weighted by atomic mass is 9.95. The maximum atomic E-state index is 13.0. The van der Waals surface area contributed by atoms with E-state index in [9.17, 15) is 14.7 Å². The molecule has 6 nitrogen and oxygen atoms in total. The number of likely N-dealkylation sites (tertiary alicyclic amines) is 1. The van der Waals surface area contributed by atoms with E-state index in [1.54, 1.807) is 11.1 Å². The van der Waals surface area contributed by atoms with Crippen molar-refractivity contribution < 1.29 is 19.4 Å². The van der Waals surface area contributed by atoms with Crippen molar-refractivity contribution in [2.75, 3.05) is 13.2 Å². The van der Waals surface area contributed by atoms with Gasteiger partial charge in [0.15, 0.2) is 0 Å². The lowest BCUT2D eigenvalue weighted by Gasteiger charge is -2.25. The number of hydrogen-bond acceptors (Lipinski definition) is 4. The Morgan fingerprint density at radius 3 is 2.52 bits per heavy atom. The van der Waals surface area contributed by atoms with E-state index in [0.29, 0.717) is 25.1 Å². The number of aliphatic hydroxyl groups excluding tert-OH is 1. The number of aromatic amines is 1. The smallest absolute Gasteiger partial charge is 0.295 e. The van der Waals surface area contributed by atoms with Gasteiger partial charge in [0.25, 0.3) is 11.7 Å². The number of aromatic nitrogens is 1. The molecule has 2 N–H and O–H groups in total. The molecule has 0 spiro atoms. The molecule has 1 fully saturated rings. The van der Waals surface area contributed by atoms with E-state index in [1.807, 2.05) is 62.4 Å². The van der Waals surface area contributed by atoms with Gasteiger partial charge < -0.3 is 19.7 Å². The lowest BCUT2D eigenvalue weighted by molar-refractivity contribution is -0.139. The Balaban J connectivity index is 1.83. The van der Waals surface area contributed by atoms with E-state index < -0.39 is 17.7 Å². The van der Waals surface area contributed by atoms with Gasteiger partial charge in [-0.1, -0.05) is 44.2 Å². The average molecular weight is 418 g/mol. The van der Waals surface area contributed by atoms with Crippen molar-refractivity contribution in [1.29, 1.82) is 0 Å². The maximum absolute atomic E-state index is 13.0. The molecule has 4 rings (SSSR count). The van der Waals surface area contributed by atoms with Crippen molar-refractivity contribution in [3.05, 3.63) is 71.4 Å². The van der Waals surface area contributed by atoms with E-state index in [1.165, 1.54) is 0 Å². The zero-order chi connectivity index (χ0) is 22.0. The molecule has 160 valence electrons. The molecule has 1 aliphatic rings. The van der Waals surface area contributed by atoms with Gasteiger partial charge in [0.05, 0.1) is 18.2 Å². The highest BCUT2D eigenvalue weighted by Crippen LogP contribution is 2.40. The van der Waals surface area contributed by atoms with Crippen LogP contribution >= 0.6 is 0 Å². The number of para-hydroxylation sites is 1. The number of nitrogens with one attached hydrogen (secondary N) is 1. The summed E-state index contributed by atoms with van der Waals surface area (Å²) in [6.07, 6.45) is 3.28. The molecule has 31 heavy (non-hydrogen) atoms. The number of H-pyrrole nitrogens is 1. The summed E-state index contributed by atoms with van der Waals surface area (Å²) in [5.74, 6) is -0.674. The third kappa shape index (κ3) is 3.69. The van der Waals surface area contributed by atoms with Crippen molar-refractivity contribution in [3.8, 4) is 5.75 Å². The summed E-state index contributed by atoms with van der Waals surface area (Å²) in [6.45, 7) is 5.04. The molecule has 1 saturated heterocycles. The van der Waals surface area contributed by atoms with Crippen LogP contribution in [0.5, 0.6) is 5.75 Å². The third-order valence-electron chi connectivity index (χ3n) is 5.52. The first-order valence-electron chi connectivity index (χ1n) is 10.6. The average Bonchev–Trinajstić information content (AvgIpc) is 3.33. The number of nitrogens with zero attached hydrogens (tertiary/aromatic N) is 1. The Bertz CT molecular complexity index is 1140. The second kappa shape index (κ2) is 8.68. The fraction of sp³-hybridized carbons (Fsp3) is 0.280. The fourth-order valence-electron chi connectivity index (χ4n) is 4.08. The highest BCUT2D eigenvalue weighted by atomic mass is 16.5. The standard InChI is InChI=1S/C25H26N2O4/c1-3-13-27-22(16-9-11-17(12-10-16)31-14-4-2)21(24(29)25(27)30)23(28)19-15-26-20-8-6-5-7-18(19)20/h5-12,15,22,26,28H,3-4,13-14H2,1-2H3/b23-21-. The van der Waals surface area contributed by atoms with Crippen LogP contribution in [0.2, 0.25) is 0 Å². The van der Waals surface area contributed by atoms with Crippen molar-refractivity contribution in [1.82, 2.24) is 9.88 Å². The van der Waals surface area contributed by atoms with Gasteiger partial charge in [0.1, 0.15) is 11.5 Å². The predicted molar refractivity (Wildman–Crippen MR) is 120 cm³/mol. The lowest BCUT2D eigenvalue weighted by Crippen LogP contribution is -2.30. The van der Waals surface area contributed by atoms with Gasteiger partial charge in [-0.15, -0.1) is 0 Å². The fourth-order valence-corrected chi connectivity index (χ4v) is 4.08. The number of ether oxygens (including phenoxy) is 1. The first-order valence-corrected chi connectivity index (χ1v) is 10.6. The largest absolute Gasteiger partial charge is 0.507 e. The van der Waals surface area contributed by atoms with Gasteiger partial charge in [-0.05, 0) is 36.6 Å². The van der Waals surface area contributed by atoms with Gasteiger partial charge in [-0.2, -0.15) is 0 Å². The Morgan fingerprint density at radius 2 is 1.81 bits per heavy atom. The number of Topliss-reactive ketones (excluding diaryl/α,β-unsaturated/α-hetero) is 1. The quantitative estimate of drug-likeness (QED) is 0.328. The van der Waals surface area contributed by atoms with Crippen molar-refractivity contribution in [2.24, 2.45) is 0 Å². The van der Waals surface area contributed by atoms with Crippen LogP contribution in [0.1, 0.15) is 43.9 Å². The predicted octanol–water partition coefficient (Wildman–Crippen LogP) is 4.79. The Kier molecular flexibility index (Phi) is 5.80. The van der Waals surface area contributed by atoms with Gasteiger partial charge in [0.2, 0.25) is 0 Å². The summed E-state index contributed by atoms with van der Waals surface area (Å²) in [5.41, 5.74) is 2.24. The van der Waals surface area contributed by atoms with E-state index >= 15 is 0 Å². The Morgan fingerprint density at radius 1 is 1.06 bits per heavy atom. The second-order valence-corrected chi connectivity index (χ2v) is 7.66. The molecule has 3 aromatic rings. The van der Waals surface area contributed by atoms with Crippen LogP contribution in [-0.4, -0.2) is 39.8 Å². The SMILES string of the molecule is CCCOc1ccc(C2/C(=C(/O)c3c[nH]c4ccccc34)C(=O)C(=O)N2CCC)cc1. The normalized spacial score (nSPS) is 18.1. The van der Waals surface area contributed by atoms with Crippen LogP contribution < -0.4 is 4.74 Å². The van der Waals surface area contributed by atoms with Crippen molar-refractivity contribution in [2.45, 2.75) is 32.7 Å². The third-order valence-corrected chi connectivity index (χ3v) is 5.52. The number of carbonyl (C=O) groups excluding carboxylic acids is 2. The molecule has 0 bridgehead atoms. The zero-order valence-corrected chi connectivity index (χ0v) is 17.7. The number of fused-ring (bicyclic) bond motifs is 1. The molecular formula is C25H26N2O4. The second-order valence-electron chi connectivity index (χ2n) is 7.66. The number of carbonyl (C=O) groups is 2. The minimum absolute atomic E-state index is 0.116. The van der Waals surface area contributed by atoms with Crippen LogP contribution in [-0.2, 0) is 9.59 Å². The summed E-state index contributed by atoms with van der Waals surface area (Å²) in [6, 6.07) is 14.3. The molecule has 2 aromatic carbocycles.